The smallest absolute Gasteiger partial charge is 0.0816 e. The van der Waals surface area contributed by atoms with Crippen molar-refractivity contribution in [2.24, 2.45) is 0 Å². The maximum Gasteiger partial charge on any atom is 0.0816 e. The van der Waals surface area contributed by atoms with Gasteiger partial charge in [0.05, 0.1) is 6.10 Å². The monoisotopic (exact) mass is 297 g/mol. The van der Waals surface area contributed by atoms with E-state index in [0.29, 0.717) is 17.5 Å². The van der Waals surface area contributed by atoms with E-state index in [-0.39, 0.29) is 6.61 Å². The van der Waals surface area contributed by atoms with Gasteiger partial charge in [-0.1, -0.05) is 36.2 Å². The van der Waals surface area contributed by atoms with Crippen LogP contribution < -0.4 is 0 Å². The summed E-state index contributed by atoms with van der Waals surface area (Å²) in [4.78, 5) is 2.40. The standard InChI is InChI=1S/C16H24ClNO2/c17-15-7-2-1-6-14(15)16(20)8-11-18-10-4-3-5-13(18)9-12-19/h1-2,6-7,13,16,19-20H,3-5,8-12H2. The molecule has 1 aliphatic rings. The average molecular weight is 298 g/mol. The van der Waals surface area contributed by atoms with Gasteiger partial charge < -0.3 is 15.1 Å². The number of nitrogens with zero attached hydrogens (tertiary/aromatic N) is 1. The number of hydrogen-bond acceptors (Lipinski definition) is 3. The van der Waals surface area contributed by atoms with Crippen LogP contribution in [0.1, 0.15) is 43.8 Å². The quantitative estimate of drug-likeness (QED) is 0.848. The van der Waals surface area contributed by atoms with E-state index in [1.165, 1.54) is 12.8 Å². The minimum absolute atomic E-state index is 0.244. The first-order chi connectivity index (χ1) is 9.72. The Balaban J connectivity index is 1.88. The molecule has 0 aromatic heterocycles. The fraction of sp³-hybridized carbons (Fsp3) is 0.625. The predicted molar refractivity (Wildman–Crippen MR) is 81.9 cm³/mol. The van der Waals surface area contributed by atoms with Crippen molar-refractivity contribution >= 4 is 11.6 Å². The second-order valence-electron chi connectivity index (χ2n) is 5.52. The van der Waals surface area contributed by atoms with E-state index in [1.54, 1.807) is 0 Å². The van der Waals surface area contributed by atoms with Crippen LogP contribution in [0, 0.1) is 0 Å². The van der Waals surface area contributed by atoms with Gasteiger partial charge in [-0.2, -0.15) is 0 Å². The predicted octanol–water partition coefficient (Wildman–Crippen LogP) is 3.00. The van der Waals surface area contributed by atoms with Crippen molar-refractivity contribution in [3.05, 3.63) is 34.9 Å². The number of aliphatic hydroxyl groups excluding tert-OH is 2. The van der Waals surface area contributed by atoms with Crippen LogP contribution in [0.2, 0.25) is 5.02 Å². The van der Waals surface area contributed by atoms with Gasteiger partial charge in [-0.05, 0) is 43.9 Å². The van der Waals surface area contributed by atoms with Gasteiger partial charge in [0.25, 0.3) is 0 Å². The third kappa shape index (κ3) is 4.19. The van der Waals surface area contributed by atoms with Gasteiger partial charge in [-0.15, -0.1) is 0 Å². The number of piperidine rings is 1. The van der Waals surface area contributed by atoms with Crippen molar-refractivity contribution in [1.29, 1.82) is 0 Å². The van der Waals surface area contributed by atoms with Crippen LogP contribution in [0.3, 0.4) is 0 Å². The zero-order chi connectivity index (χ0) is 14.4. The Hall–Kier alpha value is -0.610. The van der Waals surface area contributed by atoms with E-state index in [0.717, 1.165) is 31.5 Å². The van der Waals surface area contributed by atoms with Gasteiger partial charge in [0.15, 0.2) is 0 Å². The summed E-state index contributed by atoms with van der Waals surface area (Å²) in [5.74, 6) is 0. The molecule has 2 unspecified atom stereocenters. The number of benzene rings is 1. The number of aliphatic hydroxyl groups is 2. The largest absolute Gasteiger partial charge is 0.396 e. The minimum atomic E-state index is -0.514. The van der Waals surface area contributed by atoms with Crippen LogP contribution in [-0.4, -0.2) is 40.9 Å². The molecule has 2 rings (SSSR count). The van der Waals surface area contributed by atoms with Gasteiger partial charge in [0, 0.05) is 24.2 Å². The molecule has 1 aromatic rings. The first kappa shape index (κ1) is 15.8. The van der Waals surface area contributed by atoms with Crippen molar-refractivity contribution in [2.45, 2.75) is 44.2 Å². The third-order valence-electron chi connectivity index (χ3n) is 4.17. The second-order valence-corrected chi connectivity index (χ2v) is 5.93. The SMILES string of the molecule is OCCC1CCCCN1CCC(O)c1ccccc1Cl. The number of rotatable bonds is 6. The minimum Gasteiger partial charge on any atom is -0.396 e. The lowest BCUT2D eigenvalue weighted by molar-refractivity contribution is 0.0892. The molecule has 1 aromatic carbocycles. The molecular formula is C16H24ClNO2. The number of halogens is 1. The summed E-state index contributed by atoms with van der Waals surface area (Å²) in [7, 11) is 0. The van der Waals surface area contributed by atoms with Gasteiger partial charge in [0.2, 0.25) is 0 Å². The molecule has 1 heterocycles. The summed E-state index contributed by atoms with van der Waals surface area (Å²) in [5.41, 5.74) is 0.810. The molecule has 0 spiro atoms. The fourth-order valence-corrected chi connectivity index (χ4v) is 3.28. The summed E-state index contributed by atoms with van der Waals surface area (Å²) in [6.45, 7) is 2.17. The molecule has 1 saturated heterocycles. The van der Waals surface area contributed by atoms with Gasteiger partial charge in [-0.25, -0.2) is 0 Å². The van der Waals surface area contributed by atoms with Crippen molar-refractivity contribution in [2.75, 3.05) is 19.7 Å². The molecule has 0 amide bonds. The molecule has 112 valence electrons. The highest BCUT2D eigenvalue weighted by Gasteiger charge is 2.22. The molecule has 2 atom stereocenters. The first-order valence-electron chi connectivity index (χ1n) is 7.49. The van der Waals surface area contributed by atoms with Crippen molar-refractivity contribution in [3.63, 3.8) is 0 Å². The summed E-state index contributed by atoms with van der Waals surface area (Å²) < 4.78 is 0. The van der Waals surface area contributed by atoms with Gasteiger partial charge in [-0.3, -0.25) is 0 Å². The molecule has 1 aliphatic heterocycles. The lowest BCUT2D eigenvalue weighted by Crippen LogP contribution is -2.41. The molecule has 3 nitrogen and oxygen atoms in total. The highest BCUT2D eigenvalue weighted by molar-refractivity contribution is 6.31. The van der Waals surface area contributed by atoms with Crippen molar-refractivity contribution < 1.29 is 10.2 Å². The summed E-state index contributed by atoms with van der Waals surface area (Å²) >= 11 is 6.11. The molecule has 0 bridgehead atoms. The van der Waals surface area contributed by atoms with Crippen LogP contribution in [0.5, 0.6) is 0 Å². The Morgan fingerprint density at radius 3 is 2.85 bits per heavy atom. The lowest BCUT2D eigenvalue weighted by Gasteiger charge is -2.36. The molecule has 20 heavy (non-hydrogen) atoms. The maximum atomic E-state index is 10.3. The zero-order valence-corrected chi connectivity index (χ0v) is 12.6. The molecule has 0 aliphatic carbocycles. The van der Waals surface area contributed by atoms with Crippen LogP contribution in [0.4, 0.5) is 0 Å². The van der Waals surface area contributed by atoms with Crippen molar-refractivity contribution in [1.82, 2.24) is 4.90 Å². The van der Waals surface area contributed by atoms with E-state index < -0.39 is 6.10 Å². The normalized spacial score (nSPS) is 21.9. The lowest BCUT2D eigenvalue weighted by atomic mass is 9.98. The van der Waals surface area contributed by atoms with E-state index in [4.69, 9.17) is 16.7 Å². The van der Waals surface area contributed by atoms with Crippen LogP contribution in [0.15, 0.2) is 24.3 Å². The molecule has 2 N–H and O–H groups in total. The summed E-state index contributed by atoms with van der Waals surface area (Å²) in [6, 6.07) is 7.94. The molecule has 0 radical (unpaired) electrons. The Morgan fingerprint density at radius 1 is 1.30 bits per heavy atom. The summed E-state index contributed by atoms with van der Waals surface area (Å²) in [6.07, 6.45) is 4.62. The second kappa shape index (κ2) is 7.99. The van der Waals surface area contributed by atoms with E-state index in [2.05, 4.69) is 4.90 Å². The van der Waals surface area contributed by atoms with Crippen LogP contribution in [-0.2, 0) is 0 Å². The number of likely N-dealkylation sites (tertiary alicyclic amines) is 1. The topological polar surface area (TPSA) is 43.7 Å². The fourth-order valence-electron chi connectivity index (χ4n) is 3.02. The third-order valence-corrected chi connectivity index (χ3v) is 4.51. The zero-order valence-electron chi connectivity index (χ0n) is 11.8. The van der Waals surface area contributed by atoms with E-state index in [9.17, 15) is 5.11 Å². The Labute approximate surface area is 126 Å². The molecule has 4 heteroatoms. The highest BCUT2D eigenvalue weighted by Crippen LogP contribution is 2.26. The first-order valence-corrected chi connectivity index (χ1v) is 7.87. The maximum absolute atomic E-state index is 10.3. The Kier molecular flexibility index (Phi) is 6.30. The molecule has 1 fully saturated rings. The van der Waals surface area contributed by atoms with Crippen molar-refractivity contribution in [3.8, 4) is 0 Å². The van der Waals surface area contributed by atoms with E-state index >= 15 is 0 Å². The molecular weight excluding hydrogens is 274 g/mol. The van der Waals surface area contributed by atoms with Gasteiger partial charge in [0.1, 0.15) is 0 Å². The number of hydrogen-bond donors (Lipinski definition) is 2. The Morgan fingerprint density at radius 2 is 2.10 bits per heavy atom. The van der Waals surface area contributed by atoms with Crippen LogP contribution in [0.25, 0.3) is 0 Å². The molecule has 0 saturated carbocycles. The van der Waals surface area contributed by atoms with Crippen LogP contribution >= 0.6 is 11.6 Å². The highest BCUT2D eigenvalue weighted by atomic mass is 35.5. The summed E-state index contributed by atoms with van der Waals surface area (Å²) in [5, 5.41) is 20.1. The van der Waals surface area contributed by atoms with Gasteiger partial charge >= 0.3 is 0 Å². The average Bonchev–Trinajstić information content (AvgIpc) is 2.47. The van der Waals surface area contributed by atoms with E-state index in [1.807, 2.05) is 24.3 Å². The Bertz CT molecular complexity index is 411.